The fourth-order valence-electron chi connectivity index (χ4n) is 22.3. The first-order chi connectivity index (χ1) is 72.4. The van der Waals surface area contributed by atoms with Gasteiger partial charge < -0.3 is 22.8 Å². The van der Waals surface area contributed by atoms with Crippen molar-refractivity contribution in [3.8, 4) is 107 Å². The highest BCUT2D eigenvalue weighted by Crippen LogP contribution is 2.49. The normalized spacial score (nSPS) is 11.8. The smallest absolute Gasteiger partial charge is 0.161 e. The summed E-state index contributed by atoms with van der Waals surface area (Å²) in [7, 11) is 0. The number of benzene rings is 20. The molecule has 0 N–H and O–H groups in total. The number of aromatic nitrogens is 11. The van der Waals surface area contributed by atoms with E-state index >= 15 is 0 Å². The maximum atomic E-state index is 5.45. The Bertz CT molecular complexity index is 10600. The second-order valence-electron chi connectivity index (χ2n) is 37.0. The van der Waals surface area contributed by atoms with Gasteiger partial charge in [-0.15, -0.1) is 34.0 Å². The fraction of sp³-hybridized carbons (Fsp3) is 0. The number of thiophene rings is 3. The highest BCUT2D eigenvalue weighted by atomic mass is 32.1. The largest absolute Gasteiger partial charge is 0.309 e. The first kappa shape index (κ1) is 84.2. The summed E-state index contributed by atoms with van der Waals surface area (Å²) in [5, 5.41) is 19.3. The van der Waals surface area contributed by atoms with Gasteiger partial charge in [-0.05, 0) is 157 Å². The van der Waals surface area contributed by atoms with Crippen molar-refractivity contribution in [2.24, 2.45) is 0 Å². The molecule has 11 heterocycles. The minimum Gasteiger partial charge on any atom is -0.309 e. The predicted octanol–water partition coefficient (Wildman–Crippen LogP) is 35.7. The van der Waals surface area contributed by atoms with Crippen molar-refractivity contribution >= 4 is 204 Å². The van der Waals surface area contributed by atoms with Crippen LogP contribution >= 0.6 is 34.0 Å². The average molecular weight is 1920 g/mol. The zero-order chi connectivity index (χ0) is 96.0. The van der Waals surface area contributed by atoms with Gasteiger partial charge in [0, 0.05) is 162 Å². The zero-order valence-corrected chi connectivity index (χ0v) is 80.9. The van der Waals surface area contributed by atoms with E-state index < -0.39 is 0 Å². The Balaban J connectivity index is 0.000000104. The molecule has 0 saturated heterocycles. The van der Waals surface area contributed by atoms with Gasteiger partial charge in [0.05, 0.1) is 72.2 Å². The number of fused-ring (bicyclic) bond motifs is 24. The number of rotatable bonds is 12. The third-order valence-electron chi connectivity index (χ3n) is 28.7. The molecule has 146 heavy (non-hydrogen) atoms. The summed E-state index contributed by atoms with van der Waals surface area (Å²) in [6.07, 6.45) is 0. The molecule has 0 aliphatic rings. The molecule has 0 unspecified atom stereocenters. The zero-order valence-electron chi connectivity index (χ0n) is 78.4. The lowest BCUT2D eigenvalue weighted by molar-refractivity contribution is 1.17. The Morgan fingerprint density at radius 2 is 0.404 bits per heavy atom. The van der Waals surface area contributed by atoms with Crippen LogP contribution < -0.4 is 0 Å². The summed E-state index contributed by atoms with van der Waals surface area (Å²) in [6.45, 7) is 0. The highest BCUT2D eigenvalue weighted by molar-refractivity contribution is 7.26. The number of nitrogens with zero attached hydrogens (tertiary/aromatic N) is 11. The van der Waals surface area contributed by atoms with Crippen LogP contribution in [-0.4, -0.2) is 52.7 Å². The first-order valence-corrected chi connectivity index (χ1v) is 51.6. The van der Waals surface area contributed by atoms with Gasteiger partial charge in [-0.3, -0.25) is 0 Å². The third kappa shape index (κ3) is 13.9. The molecule has 0 spiro atoms. The topological polar surface area (TPSA) is 102 Å². The number of hydrogen-bond donors (Lipinski definition) is 0. The molecule has 0 aliphatic carbocycles. The van der Waals surface area contributed by atoms with E-state index in [0.29, 0.717) is 0 Å². The summed E-state index contributed by atoms with van der Waals surface area (Å²) in [5.74, 6) is 2.18. The SMILES string of the molecule is c1ccc(-c2nc(-c3cccc(-c4cccc5c4c4ccccc4n5-c4ccccc4)c3)nc3sc4ccccc4c23)cc1.c1ccc(-n2c3ccccc3c3ccc(-c4nc(-c5ccc(-n6c7ccccc7c7ccccc76)cc5)c5c(n4)sc4ccccc45)cc32)cc1.c1ccc(-n2c3ccccc3c3ccc(-c4nc(-c5cccc(-n6c7ccccc7c7ccccc76)c5)c5c(n4)sc4ccccc45)cc32)cc1. The third-order valence-corrected chi connectivity index (χ3v) is 31.9. The standard InChI is InChI=1S/2C46H28N4S.C40H25N3S/c1-2-14-31(15-3-1)49-38-21-8-6-19-35(38)36-26-25-30(28-41(36)49)45-47-44(43-37-20-7-11-24-42(37)51-46(43)48-45)29-13-12-16-32(27-29)50-39-22-9-4-17-33(39)34-18-5-10-23-40(34)50;1-2-12-31(13-3-1)50-40-20-10-6-16-35(40)36-27-24-30(28-41(36)50)45-47-44(43-37-17-7-11-21-42(37)51-46(43)48-45)29-22-25-32(26-23-29)49-38-18-8-4-14-33(38)34-15-5-9-19-39(34)49;1-3-13-26(14-4-1)38-37-32-20-8-10-24-35(32)44-40(37)42-39(41-38)28-16-11-15-27(25-28)30-21-12-23-34-36(30)31-19-7-9-22-33(31)43(34)29-17-5-2-6-18-29/h2*1-28H;1-25H. The van der Waals surface area contributed by atoms with E-state index in [-0.39, 0.29) is 0 Å². The van der Waals surface area contributed by atoms with Crippen LogP contribution in [0.3, 0.4) is 0 Å². The van der Waals surface area contributed by atoms with Crippen LogP contribution in [0.15, 0.2) is 491 Å². The molecular formula is C132H81N11S3. The molecule has 11 aromatic heterocycles. The maximum absolute atomic E-state index is 5.45. The molecule has 0 fully saturated rings. The van der Waals surface area contributed by atoms with E-state index in [4.69, 9.17) is 29.9 Å². The van der Waals surface area contributed by atoms with Crippen molar-refractivity contribution in [1.82, 2.24) is 52.7 Å². The van der Waals surface area contributed by atoms with Crippen LogP contribution in [0.2, 0.25) is 0 Å². The predicted molar refractivity (Wildman–Crippen MR) is 615 cm³/mol. The quantitative estimate of drug-likeness (QED) is 0.121. The molecule has 31 aromatic rings. The van der Waals surface area contributed by atoms with Crippen LogP contribution in [0.4, 0.5) is 0 Å². The van der Waals surface area contributed by atoms with E-state index in [1.807, 2.05) is 6.07 Å². The summed E-state index contributed by atoms with van der Waals surface area (Å²) < 4.78 is 15.4. The monoisotopic (exact) mass is 1920 g/mol. The van der Waals surface area contributed by atoms with Crippen molar-refractivity contribution < 1.29 is 0 Å². The highest BCUT2D eigenvalue weighted by Gasteiger charge is 2.27. The fourth-order valence-corrected chi connectivity index (χ4v) is 25.5. The lowest BCUT2D eigenvalue weighted by atomic mass is 9.97. The molecule has 682 valence electrons. The Kier molecular flexibility index (Phi) is 20.0. The Labute approximate surface area is 848 Å². The van der Waals surface area contributed by atoms with Crippen LogP contribution in [-0.2, 0) is 0 Å². The van der Waals surface area contributed by atoms with Crippen LogP contribution in [0.5, 0.6) is 0 Å². The molecule has 0 radical (unpaired) electrons. The van der Waals surface area contributed by atoms with Crippen molar-refractivity contribution in [2.45, 2.75) is 0 Å². The molecule has 0 aliphatic heterocycles. The minimum atomic E-state index is 0.720. The molecule has 0 bridgehead atoms. The van der Waals surface area contributed by atoms with Gasteiger partial charge in [-0.2, -0.15) is 0 Å². The van der Waals surface area contributed by atoms with Crippen LogP contribution in [0.1, 0.15) is 0 Å². The lowest BCUT2D eigenvalue weighted by Gasteiger charge is -2.12. The Hall–Kier alpha value is -18.7. The number of para-hydroxylation sites is 10. The summed E-state index contributed by atoms with van der Waals surface area (Å²) in [4.78, 5) is 34.8. The number of hydrogen-bond acceptors (Lipinski definition) is 9. The maximum Gasteiger partial charge on any atom is 0.161 e. The van der Waals surface area contributed by atoms with E-state index in [0.717, 1.165) is 144 Å². The first-order valence-electron chi connectivity index (χ1n) is 49.1. The summed E-state index contributed by atoms with van der Waals surface area (Å²) in [5.41, 5.74) is 28.8. The van der Waals surface area contributed by atoms with E-state index in [1.54, 1.807) is 34.0 Å². The Morgan fingerprint density at radius 1 is 0.144 bits per heavy atom. The van der Waals surface area contributed by atoms with Crippen molar-refractivity contribution in [1.29, 1.82) is 0 Å². The molecular weight excluding hydrogens is 1840 g/mol. The van der Waals surface area contributed by atoms with E-state index in [9.17, 15) is 0 Å². The van der Waals surface area contributed by atoms with E-state index in [1.165, 1.54) is 134 Å². The molecule has 20 aromatic carbocycles. The van der Waals surface area contributed by atoms with Crippen molar-refractivity contribution in [2.75, 3.05) is 0 Å². The molecule has 0 saturated carbocycles. The van der Waals surface area contributed by atoms with Crippen molar-refractivity contribution in [3.05, 3.63) is 491 Å². The van der Waals surface area contributed by atoms with Gasteiger partial charge in [-0.1, -0.05) is 346 Å². The average Bonchev–Trinajstić information content (AvgIpc) is 1.63. The lowest BCUT2D eigenvalue weighted by Crippen LogP contribution is -1.97. The van der Waals surface area contributed by atoms with Gasteiger partial charge >= 0.3 is 0 Å². The van der Waals surface area contributed by atoms with Gasteiger partial charge in [-0.25, -0.2) is 29.9 Å². The molecule has 14 heteroatoms. The van der Waals surface area contributed by atoms with E-state index in [2.05, 4.69) is 508 Å². The second kappa shape index (κ2) is 34.6. The van der Waals surface area contributed by atoms with Gasteiger partial charge in [0.15, 0.2) is 17.5 Å². The van der Waals surface area contributed by atoms with Crippen LogP contribution in [0, 0.1) is 0 Å². The molecule has 0 atom stereocenters. The minimum absolute atomic E-state index is 0.720. The van der Waals surface area contributed by atoms with Crippen molar-refractivity contribution in [3.63, 3.8) is 0 Å². The molecule has 11 nitrogen and oxygen atoms in total. The van der Waals surface area contributed by atoms with Gasteiger partial charge in [0.1, 0.15) is 14.5 Å². The second-order valence-corrected chi connectivity index (χ2v) is 40.1. The van der Waals surface area contributed by atoms with Gasteiger partial charge in [0.25, 0.3) is 0 Å². The molecule has 0 amide bonds. The molecule has 31 rings (SSSR count). The Morgan fingerprint density at radius 3 is 0.822 bits per heavy atom. The summed E-state index contributed by atoms with van der Waals surface area (Å²) >= 11 is 5.19. The van der Waals surface area contributed by atoms with Gasteiger partial charge in [0.2, 0.25) is 0 Å². The van der Waals surface area contributed by atoms with Crippen LogP contribution in [0.25, 0.3) is 277 Å². The summed E-state index contributed by atoms with van der Waals surface area (Å²) in [6, 6.07) is 175.